The molecule has 0 aliphatic carbocycles. The number of ether oxygens (including phenoxy) is 1. The van der Waals surface area contributed by atoms with Crippen LogP contribution in [-0.4, -0.2) is 53.0 Å². The highest BCUT2D eigenvalue weighted by Crippen LogP contribution is 2.37. The number of hydrogen-bond donors (Lipinski definition) is 1. The van der Waals surface area contributed by atoms with E-state index >= 15 is 0 Å². The third-order valence-electron chi connectivity index (χ3n) is 4.69. The lowest BCUT2D eigenvalue weighted by molar-refractivity contribution is 0.00903. The van der Waals surface area contributed by atoms with Gasteiger partial charge in [-0.15, -0.1) is 11.3 Å². The summed E-state index contributed by atoms with van der Waals surface area (Å²) in [6, 6.07) is 3.67. The second-order valence-electron chi connectivity index (χ2n) is 8.32. The maximum atomic E-state index is 12.7. The molecule has 7 nitrogen and oxygen atoms in total. The van der Waals surface area contributed by atoms with Gasteiger partial charge in [0.2, 0.25) is 0 Å². The Kier molecular flexibility index (Phi) is 5.52. The summed E-state index contributed by atoms with van der Waals surface area (Å²) in [5.41, 5.74) is 6.92. The van der Waals surface area contributed by atoms with Gasteiger partial charge in [-0.3, -0.25) is 9.69 Å². The molecule has 152 valence electrons. The lowest BCUT2D eigenvalue weighted by Gasteiger charge is -2.36. The van der Waals surface area contributed by atoms with Crippen molar-refractivity contribution in [2.45, 2.75) is 51.7 Å². The van der Waals surface area contributed by atoms with Crippen LogP contribution >= 0.6 is 11.3 Å². The molecule has 0 bridgehead atoms. The van der Waals surface area contributed by atoms with E-state index in [-0.39, 0.29) is 18.0 Å². The van der Waals surface area contributed by atoms with E-state index in [0.29, 0.717) is 17.1 Å². The minimum atomic E-state index is -0.542. The van der Waals surface area contributed by atoms with Crippen LogP contribution in [0.25, 0.3) is 10.2 Å². The molecule has 8 heteroatoms. The van der Waals surface area contributed by atoms with Crippen molar-refractivity contribution >= 4 is 39.2 Å². The number of piperidine rings is 1. The lowest BCUT2D eigenvalue weighted by atomic mass is 9.99. The van der Waals surface area contributed by atoms with Crippen LogP contribution < -0.4 is 5.73 Å². The van der Waals surface area contributed by atoms with Gasteiger partial charge in [-0.05, 0) is 52.2 Å². The molecule has 1 saturated heterocycles. The van der Waals surface area contributed by atoms with E-state index < -0.39 is 5.60 Å². The van der Waals surface area contributed by atoms with E-state index in [4.69, 9.17) is 15.5 Å². The molecule has 2 N–H and O–H groups in total. The summed E-state index contributed by atoms with van der Waals surface area (Å²) in [6.07, 6.45) is 2.50. The molecule has 2 aromatic rings. The Morgan fingerprint density at radius 2 is 2.00 bits per heavy atom. The standard InChI is InChI=1S/C20H28N4O3S/c1-20(2,3)27-19(26)24-11-7-6-8-14(24)13-10-9-12-15(21)16(18(25)23(4)5)28-17(12)22-13/h9-10,14H,6-8,11,21H2,1-5H3/t14-/m1/s1. The molecule has 1 atom stereocenters. The first kappa shape index (κ1) is 20.4. The van der Waals surface area contributed by atoms with Crippen LogP contribution in [-0.2, 0) is 4.74 Å². The first-order chi connectivity index (χ1) is 13.1. The van der Waals surface area contributed by atoms with Gasteiger partial charge in [0.05, 0.1) is 17.4 Å². The number of carbonyl (C=O) groups is 2. The Bertz CT molecular complexity index is 901. The summed E-state index contributed by atoms with van der Waals surface area (Å²) in [7, 11) is 3.40. The van der Waals surface area contributed by atoms with Gasteiger partial charge in [-0.1, -0.05) is 0 Å². The minimum Gasteiger partial charge on any atom is -0.444 e. The highest BCUT2D eigenvalue weighted by atomic mass is 32.1. The zero-order valence-electron chi connectivity index (χ0n) is 17.1. The Hall–Kier alpha value is -2.35. The number of nitrogens with two attached hydrogens (primary N) is 1. The number of hydrogen-bond acceptors (Lipinski definition) is 6. The number of anilines is 1. The lowest BCUT2D eigenvalue weighted by Crippen LogP contribution is -2.42. The largest absolute Gasteiger partial charge is 0.444 e. The Morgan fingerprint density at radius 1 is 1.29 bits per heavy atom. The third-order valence-corrected chi connectivity index (χ3v) is 5.79. The van der Waals surface area contributed by atoms with Crippen LogP contribution in [0, 0.1) is 0 Å². The predicted octanol–water partition coefficient (Wildman–Crippen LogP) is 4.04. The van der Waals surface area contributed by atoms with Crippen molar-refractivity contribution in [1.29, 1.82) is 0 Å². The van der Waals surface area contributed by atoms with Gasteiger partial charge >= 0.3 is 6.09 Å². The van der Waals surface area contributed by atoms with Crippen molar-refractivity contribution < 1.29 is 14.3 Å². The topological polar surface area (TPSA) is 88.8 Å². The number of fused-ring (bicyclic) bond motifs is 1. The van der Waals surface area contributed by atoms with E-state index in [1.807, 2.05) is 32.9 Å². The van der Waals surface area contributed by atoms with Gasteiger partial charge in [0.25, 0.3) is 5.91 Å². The van der Waals surface area contributed by atoms with Gasteiger partial charge in [0, 0.05) is 26.0 Å². The summed E-state index contributed by atoms with van der Waals surface area (Å²) in [5.74, 6) is -0.130. The van der Waals surface area contributed by atoms with Crippen molar-refractivity contribution in [2.24, 2.45) is 0 Å². The molecule has 1 fully saturated rings. The number of amides is 2. The molecule has 2 amide bonds. The molecule has 0 spiro atoms. The van der Waals surface area contributed by atoms with E-state index in [2.05, 4.69) is 0 Å². The summed E-state index contributed by atoms with van der Waals surface area (Å²) in [5, 5.41) is 0.776. The van der Waals surface area contributed by atoms with Crippen molar-refractivity contribution in [3.8, 4) is 0 Å². The van der Waals surface area contributed by atoms with Crippen LogP contribution in [0.5, 0.6) is 0 Å². The Morgan fingerprint density at radius 3 is 2.64 bits per heavy atom. The van der Waals surface area contributed by atoms with Crippen molar-refractivity contribution in [1.82, 2.24) is 14.8 Å². The average molecular weight is 405 g/mol. The smallest absolute Gasteiger partial charge is 0.410 e. The number of nitrogen functional groups attached to an aromatic ring is 1. The predicted molar refractivity (Wildman–Crippen MR) is 112 cm³/mol. The fraction of sp³-hybridized carbons (Fsp3) is 0.550. The van der Waals surface area contributed by atoms with Crippen LogP contribution in [0.3, 0.4) is 0 Å². The first-order valence-corrected chi connectivity index (χ1v) is 10.3. The molecule has 0 unspecified atom stereocenters. The SMILES string of the molecule is CN(C)C(=O)c1sc2nc([C@H]3CCCCN3C(=O)OC(C)(C)C)ccc2c1N. The molecule has 1 aliphatic rings. The molecule has 1 aliphatic heterocycles. The van der Waals surface area contributed by atoms with E-state index in [0.717, 1.165) is 35.2 Å². The summed E-state index contributed by atoms with van der Waals surface area (Å²) >= 11 is 1.30. The first-order valence-electron chi connectivity index (χ1n) is 9.48. The number of carbonyl (C=O) groups excluding carboxylic acids is 2. The van der Waals surface area contributed by atoms with Crippen LogP contribution in [0.2, 0.25) is 0 Å². The van der Waals surface area contributed by atoms with Crippen molar-refractivity contribution in [2.75, 3.05) is 26.4 Å². The average Bonchev–Trinajstić information content (AvgIpc) is 2.95. The zero-order chi connectivity index (χ0) is 20.6. The van der Waals surface area contributed by atoms with Crippen molar-refractivity contribution in [3.05, 3.63) is 22.7 Å². The van der Waals surface area contributed by atoms with Gasteiger partial charge in [-0.2, -0.15) is 0 Å². The van der Waals surface area contributed by atoms with Gasteiger partial charge in [0.1, 0.15) is 15.3 Å². The Labute approximate surface area is 169 Å². The quantitative estimate of drug-likeness (QED) is 0.816. The summed E-state index contributed by atoms with van der Waals surface area (Å²) in [4.78, 5) is 34.3. The Balaban J connectivity index is 1.95. The normalized spacial score (nSPS) is 17.6. The number of nitrogens with zero attached hydrogens (tertiary/aromatic N) is 3. The summed E-state index contributed by atoms with van der Waals surface area (Å²) in [6.45, 7) is 6.25. The monoisotopic (exact) mass is 404 g/mol. The number of thiophene rings is 1. The second-order valence-corrected chi connectivity index (χ2v) is 9.32. The fourth-order valence-electron chi connectivity index (χ4n) is 3.34. The van der Waals surface area contributed by atoms with Gasteiger partial charge in [-0.25, -0.2) is 9.78 Å². The van der Waals surface area contributed by atoms with Gasteiger partial charge in [0.15, 0.2) is 0 Å². The maximum Gasteiger partial charge on any atom is 0.410 e. The molecule has 3 rings (SSSR count). The number of likely N-dealkylation sites (tertiary alicyclic amines) is 1. The van der Waals surface area contributed by atoms with Crippen LogP contribution in [0.15, 0.2) is 12.1 Å². The summed E-state index contributed by atoms with van der Waals surface area (Å²) < 4.78 is 5.59. The zero-order valence-corrected chi connectivity index (χ0v) is 17.9. The number of rotatable bonds is 2. The van der Waals surface area contributed by atoms with Crippen molar-refractivity contribution in [3.63, 3.8) is 0 Å². The fourth-order valence-corrected chi connectivity index (χ4v) is 4.46. The van der Waals surface area contributed by atoms with Crippen LogP contribution in [0.4, 0.5) is 10.5 Å². The maximum absolute atomic E-state index is 12.7. The van der Waals surface area contributed by atoms with E-state index in [9.17, 15) is 9.59 Å². The number of aromatic nitrogens is 1. The molecule has 0 aromatic carbocycles. The molecule has 3 heterocycles. The molecular formula is C20H28N4O3S. The molecular weight excluding hydrogens is 376 g/mol. The molecule has 0 saturated carbocycles. The highest BCUT2D eigenvalue weighted by molar-refractivity contribution is 7.21. The molecule has 2 aromatic heterocycles. The molecule has 28 heavy (non-hydrogen) atoms. The van der Waals surface area contributed by atoms with E-state index in [1.54, 1.807) is 19.0 Å². The second kappa shape index (κ2) is 7.58. The third kappa shape index (κ3) is 4.06. The minimum absolute atomic E-state index is 0.130. The van der Waals surface area contributed by atoms with Gasteiger partial charge < -0.3 is 15.4 Å². The number of pyridine rings is 1. The van der Waals surface area contributed by atoms with E-state index in [1.165, 1.54) is 16.2 Å². The van der Waals surface area contributed by atoms with Crippen LogP contribution in [0.1, 0.15) is 61.4 Å². The molecule has 0 radical (unpaired) electrons. The highest BCUT2D eigenvalue weighted by Gasteiger charge is 2.32.